The van der Waals surface area contributed by atoms with Gasteiger partial charge in [-0.3, -0.25) is 4.79 Å². The Balaban J connectivity index is 1.86. The van der Waals surface area contributed by atoms with Crippen molar-refractivity contribution < 1.29 is 9.53 Å². The minimum Gasteiger partial charge on any atom is -0.488 e. The second kappa shape index (κ2) is 6.89. The lowest BCUT2D eigenvalue weighted by Crippen LogP contribution is -2.41. The summed E-state index contributed by atoms with van der Waals surface area (Å²) >= 11 is 3.40. The van der Waals surface area contributed by atoms with Crippen LogP contribution >= 0.6 is 15.9 Å². The van der Waals surface area contributed by atoms with Crippen molar-refractivity contribution in [1.29, 1.82) is 5.26 Å². The van der Waals surface area contributed by atoms with Gasteiger partial charge in [0.05, 0.1) is 12.0 Å². The van der Waals surface area contributed by atoms with Gasteiger partial charge in [0.2, 0.25) is 5.91 Å². The molecule has 0 bridgehead atoms. The summed E-state index contributed by atoms with van der Waals surface area (Å²) in [6.45, 7) is 3.94. The molecule has 0 saturated heterocycles. The Bertz CT molecular complexity index is 842. The van der Waals surface area contributed by atoms with E-state index < -0.39 is 11.6 Å². The predicted molar refractivity (Wildman–Crippen MR) is 99.1 cm³/mol. The van der Waals surface area contributed by atoms with Gasteiger partial charge in [0, 0.05) is 16.5 Å². The summed E-state index contributed by atoms with van der Waals surface area (Å²) in [6.07, 6.45) is 0.562. The summed E-state index contributed by atoms with van der Waals surface area (Å²) in [5.41, 5.74) is 1.18. The number of hydrogen-bond acceptors (Lipinski definition) is 3. The number of nitrogens with one attached hydrogen (secondary N) is 1. The minimum absolute atomic E-state index is 0.157. The molecule has 0 fully saturated rings. The van der Waals surface area contributed by atoms with Crippen LogP contribution in [-0.4, -0.2) is 11.5 Å². The Morgan fingerprint density at radius 3 is 2.80 bits per heavy atom. The topological polar surface area (TPSA) is 62.1 Å². The number of amides is 1. The SMILES string of the molecule is CC1(C)CC(C(=O)NC(C#N)c2cccc(Br)c2)c2ccccc2O1. The zero-order valence-electron chi connectivity index (χ0n) is 14.1. The van der Waals surface area contributed by atoms with E-state index >= 15 is 0 Å². The highest BCUT2D eigenvalue weighted by molar-refractivity contribution is 9.10. The first-order chi connectivity index (χ1) is 11.9. The molecule has 2 unspecified atom stereocenters. The number of carbonyl (C=O) groups excluding carboxylic acids is 1. The molecule has 4 nitrogen and oxygen atoms in total. The van der Waals surface area contributed by atoms with E-state index in [1.54, 1.807) is 0 Å². The van der Waals surface area contributed by atoms with Gasteiger partial charge in [-0.1, -0.05) is 46.3 Å². The number of nitriles is 1. The molecule has 1 N–H and O–H groups in total. The van der Waals surface area contributed by atoms with E-state index in [1.165, 1.54) is 0 Å². The summed E-state index contributed by atoms with van der Waals surface area (Å²) in [4.78, 5) is 12.9. The third-order valence-corrected chi connectivity index (χ3v) is 4.78. The maximum absolute atomic E-state index is 12.9. The molecule has 3 rings (SSSR count). The Hall–Kier alpha value is -2.32. The van der Waals surface area contributed by atoms with E-state index in [-0.39, 0.29) is 11.8 Å². The molecule has 25 heavy (non-hydrogen) atoms. The highest BCUT2D eigenvalue weighted by atomic mass is 79.9. The fourth-order valence-electron chi connectivity index (χ4n) is 3.16. The second-order valence-corrected chi connectivity index (χ2v) is 7.70. The Kier molecular flexibility index (Phi) is 4.82. The van der Waals surface area contributed by atoms with Gasteiger partial charge in [0.15, 0.2) is 0 Å². The van der Waals surface area contributed by atoms with Gasteiger partial charge >= 0.3 is 0 Å². The molecule has 1 amide bonds. The van der Waals surface area contributed by atoms with Crippen LogP contribution in [0.2, 0.25) is 0 Å². The van der Waals surface area contributed by atoms with Crippen molar-refractivity contribution >= 4 is 21.8 Å². The van der Waals surface area contributed by atoms with Gasteiger partial charge < -0.3 is 10.1 Å². The van der Waals surface area contributed by atoms with E-state index in [9.17, 15) is 10.1 Å². The van der Waals surface area contributed by atoms with E-state index in [2.05, 4.69) is 27.3 Å². The molecular formula is C20H19BrN2O2. The third-order valence-electron chi connectivity index (χ3n) is 4.29. The number of ether oxygens (including phenoxy) is 1. The van der Waals surface area contributed by atoms with Crippen LogP contribution in [0.15, 0.2) is 53.0 Å². The average Bonchev–Trinajstić information content (AvgIpc) is 2.57. The molecule has 1 aliphatic rings. The van der Waals surface area contributed by atoms with Crippen molar-refractivity contribution in [2.45, 2.75) is 37.8 Å². The van der Waals surface area contributed by atoms with Gasteiger partial charge in [-0.05, 0) is 37.6 Å². The molecular weight excluding hydrogens is 380 g/mol. The molecule has 0 radical (unpaired) electrons. The smallest absolute Gasteiger partial charge is 0.229 e. The maximum Gasteiger partial charge on any atom is 0.229 e. The van der Waals surface area contributed by atoms with Crippen molar-refractivity contribution in [3.8, 4) is 11.8 Å². The first kappa shape index (κ1) is 17.5. The van der Waals surface area contributed by atoms with Crippen LogP contribution in [-0.2, 0) is 4.79 Å². The largest absolute Gasteiger partial charge is 0.488 e. The van der Waals surface area contributed by atoms with Crippen LogP contribution in [0.4, 0.5) is 0 Å². The number of halogens is 1. The van der Waals surface area contributed by atoms with Gasteiger partial charge in [-0.15, -0.1) is 0 Å². The number of rotatable bonds is 3. The molecule has 1 heterocycles. The van der Waals surface area contributed by atoms with Crippen molar-refractivity contribution in [2.24, 2.45) is 0 Å². The van der Waals surface area contributed by atoms with Crippen LogP contribution in [0, 0.1) is 11.3 Å². The van der Waals surface area contributed by atoms with Crippen LogP contribution in [0.1, 0.15) is 43.4 Å². The van der Waals surface area contributed by atoms with E-state index in [4.69, 9.17) is 4.74 Å². The molecule has 2 atom stereocenters. The molecule has 2 aromatic carbocycles. The van der Waals surface area contributed by atoms with Crippen LogP contribution in [0.25, 0.3) is 0 Å². The summed E-state index contributed by atoms with van der Waals surface area (Å²) in [7, 11) is 0. The van der Waals surface area contributed by atoms with Crippen molar-refractivity contribution in [3.05, 3.63) is 64.1 Å². The lowest BCUT2D eigenvalue weighted by Gasteiger charge is -2.37. The van der Waals surface area contributed by atoms with Gasteiger partial charge in [-0.25, -0.2) is 0 Å². The van der Waals surface area contributed by atoms with E-state index in [1.807, 2.05) is 62.4 Å². The van der Waals surface area contributed by atoms with Crippen LogP contribution < -0.4 is 10.1 Å². The standard InChI is InChI=1S/C20H19BrN2O2/c1-20(2)11-16(15-8-3-4-9-18(15)25-20)19(24)23-17(12-22)13-6-5-7-14(21)10-13/h3-10,16-17H,11H2,1-2H3,(H,23,24). The highest BCUT2D eigenvalue weighted by Crippen LogP contribution is 2.41. The summed E-state index contributed by atoms with van der Waals surface area (Å²) < 4.78 is 6.85. The van der Waals surface area contributed by atoms with Crippen molar-refractivity contribution in [2.75, 3.05) is 0 Å². The number of nitrogens with zero attached hydrogens (tertiary/aromatic N) is 1. The molecule has 128 valence electrons. The van der Waals surface area contributed by atoms with Gasteiger partial charge in [0.1, 0.15) is 17.4 Å². The zero-order valence-corrected chi connectivity index (χ0v) is 15.7. The third kappa shape index (κ3) is 3.85. The van der Waals surface area contributed by atoms with Gasteiger partial charge in [-0.2, -0.15) is 5.26 Å². The van der Waals surface area contributed by atoms with E-state index in [0.29, 0.717) is 6.42 Å². The molecule has 0 saturated carbocycles. The molecule has 1 aliphatic heterocycles. The van der Waals surface area contributed by atoms with Crippen LogP contribution in [0.3, 0.4) is 0 Å². The summed E-state index contributed by atoms with van der Waals surface area (Å²) in [5.74, 6) is 0.230. The summed E-state index contributed by atoms with van der Waals surface area (Å²) in [5, 5.41) is 12.4. The predicted octanol–water partition coefficient (Wildman–Crippen LogP) is 4.47. The van der Waals surface area contributed by atoms with Gasteiger partial charge in [0.25, 0.3) is 0 Å². The van der Waals surface area contributed by atoms with E-state index in [0.717, 1.165) is 21.3 Å². The average molecular weight is 399 g/mol. The van der Waals surface area contributed by atoms with Crippen LogP contribution in [0.5, 0.6) is 5.75 Å². The number of hydrogen-bond donors (Lipinski definition) is 1. The number of carbonyl (C=O) groups is 1. The monoisotopic (exact) mass is 398 g/mol. The normalized spacial score (nSPS) is 19.0. The fourth-order valence-corrected chi connectivity index (χ4v) is 3.57. The Morgan fingerprint density at radius 1 is 1.32 bits per heavy atom. The Morgan fingerprint density at radius 2 is 2.08 bits per heavy atom. The maximum atomic E-state index is 12.9. The van der Waals surface area contributed by atoms with Crippen molar-refractivity contribution in [1.82, 2.24) is 5.32 Å². The molecule has 0 aliphatic carbocycles. The zero-order chi connectivity index (χ0) is 18.0. The minimum atomic E-state index is -0.692. The summed E-state index contributed by atoms with van der Waals surface area (Å²) in [6, 6.07) is 16.5. The molecule has 0 aromatic heterocycles. The molecule has 0 spiro atoms. The Labute approximate surface area is 155 Å². The number of fused-ring (bicyclic) bond motifs is 1. The first-order valence-electron chi connectivity index (χ1n) is 8.13. The fraction of sp³-hybridized carbons (Fsp3) is 0.300. The highest BCUT2D eigenvalue weighted by Gasteiger charge is 2.38. The number of para-hydroxylation sites is 1. The lowest BCUT2D eigenvalue weighted by molar-refractivity contribution is -0.124. The molecule has 2 aromatic rings. The van der Waals surface area contributed by atoms with Crippen molar-refractivity contribution in [3.63, 3.8) is 0 Å². The molecule has 5 heteroatoms. The second-order valence-electron chi connectivity index (χ2n) is 6.78. The quantitative estimate of drug-likeness (QED) is 0.828. The number of benzene rings is 2. The first-order valence-corrected chi connectivity index (χ1v) is 8.92. The lowest BCUT2D eigenvalue weighted by atomic mass is 9.83.